The number of hydrogen-bond acceptors (Lipinski definition) is 5. The summed E-state index contributed by atoms with van der Waals surface area (Å²) in [5.41, 5.74) is 7.16. The molecule has 0 amide bonds. The Hall–Kier alpha value is -4.03. The zero-order chi connectivity index (χ0) is 27.8. The van der Waals surface area contributed by atoms with Crippen LogP contribution in [0.2, 0.25) is 0 Å². The number of nitrogens with zero attached hydrogens (tertiary/aromatic N) is 3. The van der Waals surface area contributed by atoms with Crippen LogP contribution in [0.5, 0.6) is 17.2 Å². The SMILES string of the molecule is CC1=C(c2cccc(-n3cnc(C)c3)c2)C(c2ccc(OCC(C)N3CCC(C)C3)cc2)Oc2ccc(O)cc21. The molecule has 1 N–H and O–H groups in total. The predicted octanol–water partition coefficient (Wildman–Crippen LogP) is 7.06. The van der Waals surface area contributed by atoms with E-state index in [2.05, 4.69) is 67.1 Å². The number of benzene rings is 3. The van der Waals surface area contributed by atoms with E-state index in [0.717, 1.165) is 69.7 Å². The first-order chi connectivity index (χ1) is 19.4. The number of allylic oxidation sites excluding steroid dienone is 1. The van der Waals surface area contributed by atoms with Crippen molar-refractivity contribution in [2.75, 3.05) is 19.7 Å². The molecule has 0 bridgehead atoms. The van der Waals surface area contributed by atoms with Gasteiger partial charge in [0.05, 0.1) is 12.0 Å². The summed E-state index contributed by atoms with van der Waals surface area (Å²) >= 11 is 0. The molecule has 3 aromatic carbocycles. The third-order valence-electron chi connectivity index (χ3n) is 8.20. The number of aryl methyl sites for hydroxylation is 1. The maximum atomic E-state index is 10.2. The van der Waals surface area contributed by atoms with Gasteiger partial charge in [-0.15, -0.1) is 0 Å². The molecule has 6 nitrogen and oxygen atoms in total. The van der Waals surface area contributed by atoms with Crippen molar-refractivity contribution in [3.05, 3.63) is 102 Å². The van der Waals surface area contributed by atoms with Crippen molar-refractivity contribution in [1.82, 2.24) is 14.5 Å². The number of likely N-dealkylation sites (tertiary alicyclic amines) is 1. The van der Waals surface area contributed by atoms with Crippen LogP contribution in [-0.2, 0) is 0 Å². The Morgan fingerprint density at radius 2 is 1.90 bits per heavy atom. The summed E-state index contributed by atoms with van der Waals surface area (Å²) in [7, 11) is 0. The molecule has 206 valence electrons. The molecule has 1 fully saturated rings. The summed E-state index contributed by atoms with van der Waals surface area (Å²) in [5, 5.41) is 10.2. The molecule has 2 aliphatic heterocycles. The standard InChI is InChI=1S/C34H37N3O3/c1-22-14-15-36(18-22)24(3)20-39-30-11-8-26(9-12-30)34-33(25(4)31-17-29(38)10-13-32(31)40-34)27-6-5-7-28(16-27)37-19-23(2)35-21-37/h5-13,16-17,19,21-22,24,34,38H,14-15,18,20H2,1-4H3. The van der Waals surface area contributed by atoms with Gasteiger partial charge in [0.1, 0.15) is 30.0 Å². The average molecular weight is 536 g/mol. The Balaban J connectivity index is 1.31. The summed E-state index contributed by atoms with van der Waals surface area (Å²) in [6, 6.07) is 22.4. The smallest absolute Gasteiger partial charge is 0.150 e. The van der Waals surface area contributed by atoms with E-state index in [0.29, 0.717) is 12.6 Å². The van der Waals surface area contributed by atoms with E-state index in [4.69, 9.17) is 9.47 Å². The van der Waals surface area contributed by atoms with E-state index < -0.39 is 0 Å². The maximum Gasteiger partial charge on any atom is 0.150 e. The topological polar surface area (TPSA) is 59.8 Å². The van der Waals surface area contributed by atoms with Gasteiger partial charge in [0.25, 0.3) is 0 Å². The van der Waals surface area contributed by atoms with Crippen molar-refractivity contribution in [3.63, 3.8) is 0 Å². The highest BCUT2D eigenvalue weighted by atomic mass is 16.5. The third kappa shape index (κ3) is 5.24. The second-order valence-electron chi connectivity index (χ2n) is 11.3. The zero-order valence-electron chi connectivity index (χ0n) is 23.7. The Kier molecular flexibility index (Phi) is 7.11. The number of phenolic OH excluding ortho intramolecular Hbond substituents is 1. The van der Waals surface area contributed by atoms with E-state index in [9.17, 15) is 5.11 Å². The van der Waals surface area contributed by atoms with Crippen LogP contribution in [0.4, 0.5) is 0 Å². The largest absolute Gasteiger partial charge is 0.508 e. The summed E-state index contributed by atoms with van der Waals surface area (Å²) < 4.78 is 14.9. The van der Waals surface area contributed by atoms with Crippen LogP contribution in [-0.4, -0.2) is 45.3 Å². The number of fused-ring (bicyclic) bond motifs is 1. The molecule has 6 heteroatoms. The van der Waals surface area contributed by atoms with E-state index in [1.807, 2.05) is 42.2 Å². The molecule has 3 unspecified atom stereocenters. The molecule has 6 rings (SSSR count). The molecular formula is C34H37N3O3. The van der Waals surface area contributed by atoms with Gasteiger partial charge in [0.2, 0.25) is 0 Å². The molecule has 3 heterocycles. The van der Waals surface area contributed by atoms with Gasteiger partial charge < -0.3 is 19.1 Å². The maximum absolute atomic E-state index is 10.2. The van der Waals surface area contributed by atoms with Crippen LogP contribution < -0.4 is 9.47 Å². The molecule has 4 aromatic rings. The Morgan fingerprint density at radius 1 is 1.07 bits per heavy atom. The van der Waals surface area contributed by atoms with Gasteiger partial charge in [-0.05, 0) is 98.8 Å². The number of ether oxygens (including phenoxy) is 2. The van der Waals surface area contributed by atoms with E-state index >= 15 is 0 Å². The van der Waals surface area contributed by atoms with Crippen LogP contribution in [0.15, 0.2) is 79.3 Å². The van der Waals surface area contributed by atoms with E-state index in [-0.39, 0.29) is 11.9 Å². The molecule has 2 aliphatic rings. The molecule has 3 atom stereocenters. The van der Waals surface area contributed by atoms with Gasteiger partial charge in [0, 0.05) is 35.6 Å². The van der Waals surface area contributed by atoms with Crippen molar-refractivity contribution in [2.24, 2.45) is 5.92 Å². The normalized spacial score (nSPS) is 19.8. The fourth-order valence-corrected chi connectivity index (χ4v) is 5.87. The first-order valence-corrected chi connectivity index (χ1v) is 14.1. The molecule has 0 saturated carbocycles. The Labute approximate surface area is 236 Å². The molecule has 0 radical (unpaired) electrons. The monoisotopic (exact) mass is 535 g/mol. The molecular weight excluding hydrogens is 498 g/mol. The van der Waals surface area contributed by atoms with Crippen LogP contribution in [0.1, 0.15) is 55.7 Å². The van der Waals surface area contributed by atoms with Crippen molar-refractivity contribution in [3.8, 4) is 22.9 Å². The summed E-state index contributed by atoms with van der Waals surface area (Å²) in [5.74, 6) is 2.62. The highest BCUT2D eigenvalue weighted by molar-refractivity contribution is 5.96. The van der Waals surface area contributed by atoms with Crippen LogP contribution in [0, 0.1) is 12.8 Å². The summed E-state index contributed by atoms with van der Waals surface area (Å²) in [4.78, 5) is 6.91. The van der Waals surface area contributed by atoms with Crippen molar-refractivity contribution < 1.29 is 14.6 Å². The first-order valence-electron chi connectivity index (χ1n) is 14.1. The number of imidazole rings is 1. The fourth-order valence-electron chi connectivity index (χ4n) is 5.87. The Morgan fingerprint density at radius 3 is 2.62 bits per heavy atom. The summed E-state index contributed by atoms with van der Waals surface area (Å²) in [6.07, 6.45) is 4.81. The number of aromatic hydroxyl groups is 1. The second kappa shape index (κ2) is 10.9. The number of rotatable bonds is 7. The molecule has 40 heavy (non-hydrogen) atoms. The fraction of sp³-hybridized carbons (Fsp3) is 0.324. The summed E-state index contributed by atoms with van der Waals surface area (Å²) in [6.45, 7) is 11.6. The van der Waals surface area contributed by atoms with Gasteiger partial charge in [-0.3, -0.25) is 4.90 Å². The molecule has 0 spiro atoms. The predicted molar refractivity (Wildman–Crippen MR) is 159 cm³/mol. The van der Waals surface area contributed by atoms with Crippen LogP contribution in [0.25, 0.3) is 16.8 Å². The molecule has 0 aliphatic carbocycles. The van der Waals surface area contributed by atoms with Gasteiger partial charge in [-0.25, -0.2) is 4.98 Å². The Bertz CT molecular complexity index is 1540. The van der Waals surface area contributed by atoms with Gasteiger partial charge in [0.15, 0.2) is 0 Å². The van der Waals surface area contributed by atoms with Gasteiger partial charge in [-0.2, -0.15) is 0 Å². The van der Waals surface area contributed by atoms with Gasteiger partial charge >= 0.3 is 0 Å². The quantitative estimate of drug-likeness (QED) is 0.275. The van der Waals surface area contributed by atoms with Crippen molar-refractivity contribution in [1.29, 1.82) is 0 Å². The minimum Gasteiger partial charge on any atom is -0.508 e. The highest BCUT2D eigenvalue weighted by Crippen LogP contribution is 2.47. The van der Waals surface area contributed by atoms with E-state index in [1.165, 1.54) is 6.42 Å². The average Bonchev–Trinajstić information content (AvgIpc) is 3.60. The van der Waals surface area contributed by atoms with Crippen molar-refractivity contribution in [2.45, 2.75) is 46.3 Å². The number of phenols is 1. The molecule has 1 saturated heterocycles. The first kappa shape index (κ1) is 26.2. The van der Waals surface area contributed by atoms with E-state index in [1.54, 1.807) is 12.1 Å². The number of aromatic nitrogens is 2. The lowest BCUT2D eigenvalue weighted by atomic mass is 9.86. The minimum atomic E-state index is -0.309. The lowest BCUT2D eigenvalue weighted by Crippen LogP contribution is -2.35. The second-order valence-corrected chi connectivity index (χ2v) is 11.3. The van der Waals surface area contributed by atoms with Gasteiger partial charge in [-0.1, -0.05) is 31.2 Å². The third-order valence-corrected chi connectivity index (χ3v) is 8.20. The zero-order valence-corrected chi connectivity index (χ0v) is 23.7. The van der Waals surface area contributed by atoms with Crippen LogP contribution >= 0.6 is 0 Å². The van der Waals surface area contributed by atoms with Crippen LogP contribution in [0.3, 0.4) is 0 Å². The highest BCUT2D eigenvalue weighted by Gasteiger charge is 2.30. The lowest BCUT2D eigenvalue weighted by molar-refractivity contribution is 0.169. The minimum absolute atomic E-state index is 0.223. The molecule has 1 aromatic heterocycles. The van der Waals surface area contributed by atoms with Crippen molar-refractivity contribution >= 4 is 11.1 Å². The number of hydrogen-bond donors (Lipinski definition) is 1. The lowest BCUT2D eigenvalue weighted by Gasteiger charge is -2.31.